The zero-order chi connectivity index (χ0) is 14.0. The van der Waals surface area contributed by atoms with Crippen molar-refractivity contribution in [1.29, 1.82) is 0 Å². The molecule has 0 aliphatic heterocycles. The van der Waals surface area contributed by atoms with Crippen LogP contribution in [0.1, 0.15) is 35.8 Å². The number of nitrogens with one attached hydrogen (secondary N) is 1. The first kappa shape index (κ1) is 13.2. The second kappa shape index (κ2) is 5.18. The molecule has 0 fully saturated rings. The van der Waals surface area contributed by atoms with E-state index in [0.29, 0.717) is 17.3 Å². The Balaban J connectivity index is 2.13. The highest BCUT2D eigenvalue weighted by Crippen LogP contribution is 2.18. The van der Waals surface area contributed by atoms with E-state index in [0.717, 1.165) is 5.69 Å². The van der Waals surface area contributed by atoms with Crippen molar-refractivity contribution in [3.05, 3.63) is 47.8 Å². The number of nitrogens with two attached hydrogens (primary N) is 1. The number of benzene rings is 1. The number of nitrogens with zero attached hydrogens (tertiary/aromatic N) is 1. The van der Waals surface area contributed by atoms with Gasteiger partial charge in [0.25, 0.3) is 5.91 Å². The summed E-state index contributed by atoms with van der Waals surface area (Å²) >= 11 is 0. The van der Waals surface area contributed by atoms with Gasteiger partial charge >= 0.3 is 0 Å². The third-order valence-electron chi connectivity index (χ3n) is 3.09. The molecule has 0 atom stereocenters. The van der Waals surface area contributed by atoms with Gasteiger partial charge in [-0.05, 0) is 29.7 Å². The molecule has 0 spiro atoms. The van der Waals surface area contributed by atoms with Crippen molar-refractivity contribution in [3.63, 3.8) is 0 Å². The number of nitrogen functional groups attached to an aromatic ring is 1. The Labute approximate surface area is 113 Å². The Hall–Kier alpha value is -2.23. The fourth-order valence-corrected chi connectivity index (χ4v) is 1.96. The average molecular weight is 257 g/mol. The molecule has 2 aromatic rings. The van der Waals surface area contributed by atoms with Crippen LogP contribution in [0.3, 0.4) is 0 Å². The molecule has 1 aromatic carbocycles. The highest BCUT2D eigenvalue weighted by molar-refractivity contribution is 6.03. The molecule has 100 valence electrons. The van der Waals surface area contributed by atoms with Crippen LogP contribution in [-0.2, 0) is 7.05 Å². The normalized spacial score (nSPS) is 10.7. The molecule has 0 aliphatic carbocycles. The zero-order valence-electron chi connectivity index (χ0n) is 11.5. The lowest BCUT2D eigenvalue weighted by atomic mass is 10.0. The second-order valence-electron chi connectivity index (χ2n) is 5.00. The van der Waals surface area contributed by atoms with Gasteiger partial charge in [-0.25, -0.2) is 0 Å². The lowest BCUT2D eigenvalue weighted by molar-refractivity contribution is 0.101. The van der Waals surface area contributed by atoms with Gasteiger partial charge in [-0.2, -0.15) is 0 Å². The van der Waals surface area contributed by atoms with E-state index in [2.05, 4.69) is 19.2 Å². The Kier molecular flexibility index (Phi) is 3.60. The zero-order valence-corrected chi connectivity index (χ0v) is 11.5. The molecule has 0 saturated heterocycles. The van der Waals surface area contributed by atoms with Crippen LogP contribution in [0.5, 0.6) is 0 Å². The topological polar surface area (TPSA) is 60.1 Å². The molecule has 1 amide bonds. The van der Waals surface area contributed by atoms with Crippen molar-refractivity contribution in [2.24, 2.45) is 7.05 Å². The van der Waals surface area contributed by atoms with Crippen LogP contribution in [0, 0.1) is 0 Å². The number of rotatable bonds is 3. The summed E-state index contributed by atoms with van der Waals surface area (Å²) in [4.78, 5) is 12.1. The van der Waals surface area contributed by atoms with Crippen LogP contribution in [-0.4, -0.2) is 10.5 Å². The van der Waals surface area contributed by atoms with Crippen molar-refractivity contribution in [2.45, 2.75) is 19.8 Å². The van der Waals surface area contributed by atoms with E-state index < -0.39 is 0 Å². The molecule has 0 aliphatic rings. The summed E-state index contributed by atoms with van der Waals surface area (Å²) in [6, 6.07) is 9.55. The van der Waals surface area contributed by atoms with E-state index in [4.69, 9.17) is 5.73 Å². The smallest absolute Gasteiger partial charge is 0.272 e. The molecule has 0 radical (unpaired) electrons. The molecule has 0 unspecified atom stereocenters. The van der Waals surface area contributed by atoms with E-state index in [1.54, 1.807) is 23.9 Å². The van der Waals surface area contributed by atoms with Gasteiger partial charge in [0.1, 0.15) is 5.69 Å². The molecule has 2 rings (SSSR count). The van der Waals surface area contributed by atoms with Crippen LogP contribution in [0.25, 0.3) is 0 Å². The number of hydrogen-bond donors (Lipinski definition) is 2. The van der Waals surface area contributed by atoms with Gasteiger partial charge in [0.15, 0.2) is 0 Å². The highest BCUT2D eigenvalue weighted by Gasteiger charge is 2.11. The second-order valence-corrected chi connectivity index (χ2v) is 5.00. The molecular weight excluding hydrogens is 238 g/mol. The van der Waals surface area contributed by atoms with Gasteiger partial charge in [0.05, 0.1) is 5.69 Å². The summed E-state index contributed by atoms with van der Waals surface area (Å²) in [5, 5.41) is 2.86. The van der Waals surface area contributed by atoms with Gasteiger partial charge in [0.2, 0.25) is 0 Å². The summed E-state index contributed by atoms with van der Waals surface area (Å²) in [7, 11) is 1.80. The molecule has 19 heavy (non-hydrogen) atoms. The molecule has 3 N–H and O–H groups in total. The van der Waals surface area contributed by atoms with Crippen molar-refractivity contribution in [2.75, 3.05) is 11.1 Å². The fraction of sp³-hybridized carbons (Fsp3) is 0.267. The van der Waals surface area contributed by atoms with Crippen molar-refractivity contribution >= 4 is 17.3 Å². The SMILES string of the molecule is CC(C)c1ccc(NC(=O)c2cc(N)cn2C)cc1. The number of carbonyl (C=O) groups excluding carboxylic acids is 1. The van der Waals surface area contributed by atoms with Crippen LogP contribution in [0.15, 0.2) is 36.5 Å². The van der Waals surface area contributed by atoms with Crippen molar-refractivity contribution < 1.29 is 4.79 Å². The molecule has 1 aromatic heterocycles. The number of aryl methyl sites for hydroxylation is 1. The molecular formula is C15H19N3O. The summed E-state index contributed by atoms with van der Waals surface area (Å²) in [5.41, 5.74) is 8.83. The van der Waals surface area contributed by atoms with E-state index in [1.807, 2.05) is 24.3 Å². The predicted molar refractivity (Wildman–Crippen MR) is 78.3 cm³/mol. The van der Waals surface area contributed by atoms with Gasteiger partial charge in [-0.15, -0.1) is 0 Å². The van der Waals surface area contributed by atoms with Gasteiger partial charge in [-0.3, -0.25) is 4.79 Å². The van der Waals surface area contributed by atoms with Crippen LogP contribution >= 0.6 is 0 Å². The van der Waals surface area contributed by atoms with Gasteiger partial charge in [0, 0.05) is 18.9 Å². The third kappa shape index (κ3) is 2.96. The number of hydrogen-bond acceptors (Lipinski definition) is 2. The maximum Gasteiger partial charge on any atom is 0.272 e. The molecule has 1 heterocycles. The molecule has 4 nitrogen and oxygen atoms in total. The van der Waals surface area contributed by atoms with Gasteiger partial charge in [-0.1, -0.05) is 26.0 Å². The standard InChI is InChI=1S/C15H19N3O/c1-10(2)11-4-6-13(7-5-11)17-15(19)14-8-12(16)9-18(14)3/h4-10H,16H2,1-3H3,(H,17,19). The Morgan fingerprint density at radius 1 is 1.26 bits per heavy atom. The molecule has 0 bridgehead atoms. The van der Waals surface area contributed by atoms with Crippen LogP contribution in [0.4, 0.5) is 11.4 Å². The Morgan fingerprint density at radius 2 is 1.89 bits per heavy atom. The maximum atomic E-state index is 12.1. The minimum Gasteiger partial charge on any atom is -0.397 e. The Morgan fingerprint density at radius 3 is 2.37 bits per heavy atom. The quantitative estimate of drug-likeness (QED) is 0.888. The lowest BCUT2D eigenvalue weighted by Gasteiger charge is -2.08. The first-order valence-corrected chi connectivity index (χ1v) is 6.30. The van der Waals surface area contributed by atoms with E-state index in [1.165, 1.54) is 5.56 Å². The highest BCUT2D eigenvalue weighted by atomic mass is 16.1. The first-order chi connectivity index (χ1) is 8.97. The number of carbonyl (C=O) groups is 1. The summed E-state index contributed by atoms with van der Waals surface area (Å²) in [5.74, 6) is 0.328. The number of amides is 1. The first-order valence-electron chi connectivity index (χ1n) is 6.30. The number of aromatic nitrogens is 1. The minimum absolute atomic E-state index is 0.156. The fourth-order valence-electron chi connectivity index (χ4n) is 1.96. The number of anilines is 2. The lowest BCUT2D eigenvalue weighted by Crippen LogP contribution is -2.15. The Bertz CT molecular complexity index is 582. The maximum absolute atomic E-state index is 12.1. The third-order valence-corrected chi connectivity index (χ3v) is 3.09. The predicted octanol–water partition coefficient (Wildman–Crippen LogP) is 2.98. The van der Waals surface area contributed by atoms with Crippen LogP contribution in [0.2, 0.25) is 0 Å². The minimum atomic E-state index is -0.156. The van der Waals surface area contributed by atoms with E-state index >= 15 is 0 Å². The van der Waals surface area contributed by atoms with E-state index in [9.17, 15) is 4.79 Å². The largest absolute Gasteiger partial charge is 0.397 e. The summed E-state index contributed by atoms with van der Waals surface area (Å²) in [6.07, 6.45) is 1.72. The van der Waals surface area contributed by atoms with Crippen LogP contribution < -0.4 is 11.1 Å². The molecule has 0 saturated carbocycles. The van der Waals surface area contributed by atoms with Crippen molar-refractivity contribution in [3.8, 4) is 0 Å². The summed E-state index contributed by atoms with van der Waals surface area (Å²) in [6.45, 7) is 4.28. The van der Waals surface area contributed by atoms with Gasteiger partial charge < -0.3 is 15.6 Å². The van der Waals surface area contributed by atoms with E-state index in [-0.39, 0.29) is 5.91 Å². The monoisotopic (exact) mass is 257 g/mol. The van der Waals surface area contributed by atoms with Crippen molar-refractivity contribution in [1.82, 2.24) is 4.57 Å². The molecule has 4 heteroatoms. The summed E-state index contributed by atoms with van der Waals surface area (Å²) < 4.78 is 1.72. The average Bonchev–Trinajstić information content (AvgIpc) is 2.69.